The van der Waals surface area contributed by atoms with Crippen molar-refractivity contribution in [3.63, 3.8) is 0 Å². The Morgan fingerprint density at radius 3 is 1.62 bits per heavy atom. The van der Waals surface area contributed by atoms with Crippen molar-refractivity contribution in [2.45, 2.75) is 97.2 Å². The first kappa shape index (κ1) is 32.9. The SMILES string of the molecule is C/C=C(\C(=O)[C@@](C)(O)[C@@H](CO[Si](C)(C)C(C)(C)C)OC(C)=O)[Si](c1ccccc1)(c1ccccc1)C(C)(C)C. The molecule has 0 bridgehead atoms. The molecule has 2 atom stereocenters. The van der Waals surface area contributed by atoms with E-state index in [2.05, 4.69) is 78.9 Å². The number of esters is 1. The minimum Gasteiger partial charge on any atom is -0.457 e. The molecule has 2 rings (SSSR count). The van der Waals surface area contributed by atoms with Crippen LogP contribution in [-0.2, 0) is 18.8 Å². The van der Waals surface area contributed by atoms with Crippen LogP contribution in [-0.4, -0.2) is 51.6 Å². The van der Waals surface area contributed by atoms with Gasteiger partial charge in [0.15, 0.2) is 33.9 Å². The highest BCUT2D eigenvalue weighted by atomic mass is 28.4. The highest BCUT2D eigenvalue weighted by Crippen LogP contribution is 2.43. The van der Waals surface area contributed by atoms with E-state index in [1.165, 1.54) is 13.8 Å². The molecule has 2 aromatic carbocycles. The van der Waals surface area contributed by atoms with Crippen molar-refractivity contribution in [2.75, 3.05) is 6.61 Å². The third-order valence-electron chi connectivity index (χ3n) is 8.27. The Morgan fingerprint density at radius 1 is 0.846 bits per heavy atom. The number of ether oxygens (including phenoxy) is 1. The van der Waals surface area contributed by atoms with Gasteiger partial charge in [0.1, 0.15) is 0 Å². The molecule has 0 saturated heterocycles. The van der Waals surface area contributed by atoms with E-state index in [1.54, 1.807) is 0 Å². The average molecular weight is 569 g/mol. The van der Waals surface area contributed by atoms with Crippen LogP contribution in [0, 0.1) is 0 Å². The number of rotatable bonds is 10. The van der Waals surface area contributed by atoms with Gasteiger partial charge in [0, 0.05) is 6.92 Å². The second kappa shape index (κ2) is 12.0. The first-order valence-electron chi connectivity index (χ1n) is 13.7. The molecule has 0 aromatic heterocycles. The first-order valence-corrected chi connectivity index (χ1v) is 18.6. The van der Waals surface area contributed by atoms with Gasteiger partial charge in [0.2, 0.25) is 0 Å². The number of benzene rings is 2. The molecule has 2 aromatic rings. The van der Waals surface area contributed by atoms with Crippen molar-refractivity contribution < 1.29 is 23.9 Å². The molecule has 0 aliphatic carbocycles. The minimum atomic E-state index is -3.05. The fourth-order valence-corrected chi connectivity index (χ4v) is 12.0. The van der Waals surface area contributed by atoms with Crippen LogP contribution in [0.4, 0.5) is 0 Å². The van der Waals surface area contributed by atoms with Gasteiger partial charge in [-0.05, 0) is 52.6 Å². The number of Topliss-reactive ketones (excluding diaryl/α,β-unsaturated/α-hetero) is 1. The van der Waals surface area contributed by atoms with E-state index in [1.807, 2.05) is 49.4 Å². The molecule has 0 radical (unpaired) electrons. The zero-order valence-corrected chi connectivity index (χ0v) is 27.7. The Labute approximate surface area is 237 Å². The Bertz CT molecular complexity index is 1120. The molecule has 7 heteroatoms. The van der Waals surface area contributed by atoms with Crippen molar-refractivity contribution >= 4 is 38.5 Å². The van der Waals surface area contributed by atoms with E-state index in [0.29, 0.717) is 5.20 Å². The van der Waals surface area contributed by atoms with Gasteiger partial charge < -0.3 is 14.3 Å². The molecule has 0 saturated carbocycles. The van der Waals surface area contributed by atoms with Crippen molar-refractivity contribution in [1.29, 1.82) is 0 Å². The molecule has 0 amide bonds. The lowest BCUT2D eigenvalue weighted by atomic mass is 9.93. The largest absolute Gasteiger partial charge is 0.457 e. The van der Waals surface area contributed by atoms with Crippen LogP contribution in [0.15, 0.2) is 71.9 Å². The first-order chi connectivity index (χ1) is 17.8. The normalized spacial score (nSPS) is 15.8. The van der Waals surface area contributed by atoms with Crippen LogP contribution < -0.4 is 10.4 Å². The van der Waals surface area contributed by atoms with E-state index in [-0.39, 0.29) is 16.7 Å². The zero-order chi connectivity index (χ0) is 29.9. The van der Waals surface area contributed by atoms with Gasteiger partial charge in [-0.15, -0.1) is 0 Å². The zero-order valence-electron chi connectivity index (χ0n) is 25.7. The number of hydrogen-bond acceptors (Lipinski definition) is 5. The molecular weight excluding hydrogens is 521 g/mol. The molecule has 0 spiro atoms. The third-order valence-corrected chi connectivity index (χ3v) is 18.7. The molecule has 1 N–H and O–H groups in total. The Morgan fingerprint density at radius 2 is 1.28 bits per heavy atom. The summed E-state index contributed by atoms with van der Waals surface area (Å²) in [6.45, 7) is 21.6. The van der Waals surface area contributed by atoms with Crippen LogP contribution in [0.5, 0.6) is 0 Å². The quantitative estimate of drug-likeness (QED) is 0.223. The van der Waals surface area contributed by atoms with E-state index in [0.717, 1.165) is 10.4 Å². The monoisotopic (exact) mass is 568 g/mol. The minimum absolute atomic E-state index is 0.0629. The summed E-state index contributed by atoms with van der Waals surface area (Å²) < 4.78 is 12.0. The standard InChI is InChI=1S/C32H48O5Si2/c1-12-27(29(34)32(9,35)28(37-24(2)33)23-36-38(10,11)30(3,4)5)39(31(6,7)8,25-19-15-13-16-20-25)26-21-17-14-18-22-26/h12-22,28,35H,23H2,1-11H3/b27-12+/t28-,32+/m1/s1. The van der Waals surface area contributed by atoms with Gasteiger partial charge in [0.25, 0.3) is 0 Å². The molecule has 0 aliphatic heterocycles. The number of carbonyl (C=O) groups excluding carboxylic acids is 2. The fourth-order valence-electron chi connectivity index (χ4n) is 5.07. The molecule has 0 fully saturated rings. The van der Waals surface area contributed by atoms with Crippen LogP contribution in [0.2, 0.25) is 23.2 Å². The lowest BCUT2D eigenvalue weighted by Crippen LogP contribution is -2.69. The number of ketones is 1. The Hall–Kier alpha value is -2.33. The lowest BCUT2D eigenvalue weighted by Gasteiger charge is -2.47. The summed E-state index contributed by atoms with van der Waals surface area (Å²) in [5, 5.41) is 14.3. The number of hydrogen-bond donors (Lipinski definition) is 1. The van der Waals surface area contributed by atoms with E-state index in [9.17, 15) is 14.7 Å². The predicted molar refractivity (Wildman–Crippen MR) is 166 cm³/mol. The number of allylic oxidation sites excluding steroid dienone is 1. The summed E-state index contributed by atoms with van der Waals surface area (Å²) in [4.78, 5) is 26.8. The van der Waals surface area contributed by atoms with Gasteiger partial charge in [-0.1, -0.05) is 108 Å². The van der Waals surface area contributed by atoms with Gasteiger partial charge in [-0.2, -0.15) is 0 Å². The van der Waals surface area contributed by atoms with Gasteiger partial charge in [0.05, 0.1) is 6.61 Å². The van der Waals surface area contributed by atoms with Gasteiger partial charge in [-0.25, -0.2) is 0 Å². The van der Waals surface area contributed by atoms with Gasteiger partial charge >= 0.3 is 5.97 Å². The van der Waals surface area contributed by atoms with Crippen molar-refractivity contribution in [3.8, 4) is 0 Å². The Kier molecular flexibility index (Phi) is 10.2. The summed E-state index contributed by atoms with van der Waals surface area (Å²) in [6, 6.07) is 20.3. The summed E-state index contributed by atoms with van der Waals surface area (Å²) in [6.07, 6.45) is 0.693. The lowest BCUT2D eigenvalue weighted by molar-refractivity contribution is -0.169. The molecule has 214 valence electrons. The topological polar surface area (TPSA) is 72.8 Å². The fraction of sp³-hybridized carbons (Fsp3) is 0.500. The van der Waals surface area contributed by atoms with Crippen LogP contribution in [0.1, 0.15) is 62.3 Å². The van der Waals surface area contributed by atoms with Crippen molar-refractivity contribution in [2.24, 2.45) is 0 Å². The van der Waals surface area contributed by atoms with Crippen LogP contribution in [0.3, 0.4) is 0 Å². The summed E-state index contributed by atoms with van der Waals surface area (Å²) in [5.74, 6) is -1.01. The van der Waals surface area contributed by atoms with Crippen molar-refractivity contribution in [1.82, 2.24) is 0 Å². The van der Waals surface area contributed by atoms with Crippen molar-refractivity contribution in [3.05, 3.63) is 71.9 Å². The summed E-state index contributed by atoms with van der Waals surface area (Å²) in [5.41, 5.74) is -2.01. The van der Waals surface area contributed by atoms with E-state index < -0.39 is 39.8 Å². The maximum atomic E-state index is 14.7. The highest BCUT2D eigenvalue weighted by Gasteiger charge is 2.56. The van der Waals surface area contributed by atoms with Crippen LogP contribution in [0.25, 0.3) is 0 Å². The predicted octanol–water partition coefficient (Wildman–Crippen LogP) is 5.81. The molecule has 0 heterocycles. The Balaban J connectivity index is 2.75. The number of carbonyl (C=O) groups is 2. The second-order valence-electron chi connectivity index (χ2n) is 13.1. The summed E-state index contributed by atoms with van der Waals surface area (Å²) in [7, 11) is -5.31. The maximum absolute atomic E-state index is 14.7. The molecule has 0 unspecified atom stereocenters. The molecule has 39 heavy (non-hydrogen) atoms. The molecule has 5 nitrogen and oxygen atoms in total. The highest BCUT2D eigenvalue weighted by molar-refractivity contribution is 7.11. The molecule has 0 aliphatic rings. The third kappa shape index (κ3) is 6.70. The maximum Gasteiger partial charge on any atom is 0.303 e. The molecular formula is C32H48O5Si2. The number of aliphatic hydroxyl groups is 1. The smallest absolute Gasteiger partial charge is 0.303 e. The van der Waals surface area contributed by atoms with E-state index in [4.69, 9.17) is 9.16 Å². The summed E-state index contributed by atoms with van der Waals surface area (Å²) >= 11 is 0. The second-order valence-corrected chi connectivity index (χ2v) is 22.6. The van der Waals surface area contributed by atoms with Gasteiger partial charge in [-0.3, -0.25) is 9.59 Å². The van der Waals surface area contributed by atoms with E-state index >= 15 is 0 Å². The average Bonchev–Trinajstić information content (AvgIpc) is 2.83. The van der Waals surface area contributed by atoms with Crippen LogP contribution >= 0.6 is 0 Å².